The number of carbonyl (C=O) groups excluding carboxylic acids is 1. The van der Waals surface area contributed by atoms with Crippen molar-refractivity contribution in [2.45, 2.75) is 46.3 Å². The summed E-state index contributed by atoms with van der Waals surface area (Å²) in [6.07, 6.45) is -0.00578. The number of amides is 1. The summed E-state index contributed by atoms with van der Waals surface area (Å²) in [6, 6.07) is 11.5. The molecule has 0 spiro atoms. The largest absolute Gasteiger partial charge is 0.388 e. The Hall–Kier alpha value is -2.20. The second-order valence-electron chi connectivity index (χ2n) is 5.83. The molecule has 2 rings (SSSR count). The standard InChI is InChI=1S/C19H24N2O2/c1-5-18(22)16-11-17(14(4)20-13(16)3)19(23)21-12(2)15-9-7-6-8-10-15/h6-12,18,22H,5H2,1-4H3,(H,21,23)/t12?,18-/m0/s1. The molecule has 2 atom stereocenters. The Morgan fingerprint density at radius 2 is 1.87 bits per heavy atom. The van der Waals surface area contributed by atoms with Crippen LogP contribution in [-0.4, -0.2) is 16.0 Å². The minimum absolute atomic E-state index is 0.0936. The fourth-order valence-electron chi connectivity index (χ4n) is 2.63. The van der Waals surface area contributed by atoms with Crippen molar-refractivity contribution in [1.82, 2.24) is 10.3 Å². The van der Waals surface area contributed by atoms with Gasteiger partial charge in [0.05, 0.1) is 23.4 Å². The highest BCUT2D eigenvalue weighted by atomic mass is 16.3. The molecule has 2 aromatic rings. The number of rotatable bonds is 5. The van der Waals surface area contributed by atoms with E-state index in [2.05, 4.69) is 10.3 Å². The Balaban J connectivity index is 2.25. The maximum atomic E-state index is 12.6. The van der Waals surface area contributed by atoms with Crippen molar-refractivity contribution >= 4 is 5.91 Å². The summed E-state index contributed by atoms with van der Waals surface area (Å²) in [5, 5.41) is 13.1. The molecule has 0 aliphatic rings. The molecular formula is C19H24N2O2. The number of carbonyl (C=O) groups is 1. The zero-order chi connectivity index (χ0) is 17.0. The predicted octanol–water partition coefficient (Wildman–Crippen LogP) is 3.63. The summed E-state index contributed by atoms with van der Waals surface area (Å²) >= 11 is 0. The maximum Gasteiger partial charge on any atom is 0.253 e. The van der Waals surface area contributed by atoms with Crippen LogP contribution in [0.1, 0.15) is 65.3 Å². The third-order valence-electron chi connectivity index (χ3n) is 4.08. The summed E-state index contributed by atoms with van der Waals surface area (Å²) in [4.78, 5) is 17.0. The zero-order valence-corrected chi connectivity index (χ0v) is 14.1. The van der Waals surface area contributed by atoms with E-state index in [9.17, 15) is 9.90 Å². The summed E-state index contributed by atoms with van der Waals surface area (Å²) < 4.78 is 0. The molecule has 0 bridgehead atoms. The number of nitrogens with zero attached hydrogens (tertiary/aromatic N) is 1. The summed E-state index contributed by atoms with van der Waals surface area (Å²) in [5.41, 5.74) is 3.72. The van der Waals surface area contributed by atoms with E-state index < -0.39 is 6.10 Å². The Labute approximate surface area is 137 Å². The quantitative estimate of drug-likeness (QED) is 0.886. The van der Waals surface area contributed by atoms with Gasteiger partial charge < -0.3 is 10.4 Å². The van der Waals surface area contributed by atoms with Crippen LogP contribution in [0.3, 0.4) is 0 Å². The van der Waals surface area contributed by atoms with E-state index in [1.165, 1.54) is 0 Å². The van der Waals surface area contributed by atoms with Crippen molar-refractivity contribution in [2.24, 2.45) is 0 Å². The molecule has 1 aromatic heterocycles. The lowest BCUT2D eigenvalue weighted by Crippen LogP contribution is -2.28. The fraction of sp³-hybridized carbons (Fsp3) is 0.368. The van der Waals surface area contributed by atoms with E-state index >= 15 is 0 Å². The van der Waals surface area contributed by atoms with Gasteiger partial charge in [-0.15, -0.1) is 0 Å². The lowest BCUT2D eigenvalue weighted by atomic mass is 10.0. The van der Waals surface area contributed by atoms with E-state index in [1.807, 2.05) is 58.0 Å². The van der Waals surface area contributed by atoms with Gasteiger partial charge in [0.1, 0.15) is 0 Å². The van der Waals surface area contributed by atoms with Crippen LogP contribution in [0.2, 0.25) is 0 Å². The van der Waals surface area contributed by atoms with Crippen LogP contribution < -0.4 is 5.32 Å². The second kappa shape index (κ2) is 7.38. The first-order valence-electron chi connectivity index (χ1n) is 7.96. The summed E-state index contributed by atoms with van der Waals surface area (Å²) in [7, 11) is 0. The van der Waals surface area contributed by atoms with Crippen molar-refractivity contribution in [3.8, 4) is 0 Å². The molecule has 0 saturated carbocycles. The van der Waals surface area contributed by atoms with Gasteiger partial charge in [-0.05, 0) is 38.8 Å². The number of aromatic nitrogens is 1. The molecule has 23 heavy (non-hydrogen) atoms. The normalized spacial score (nSPS) is 13.4. The molecule has 0 aliphatic carbocycles. The molecule has 0 aliphatic heterocycles. The highest BCUT2D eigenvalue weighted by Gasteiger charge is 2.18. The van der Waals surface area contributed by atoms with Gasteiger partial charge in [0.2, 0.25) is 0 Å². The van der Waals surface area contributed by atoms with Crippen LogP contribution in [-0.2, 0) is 0 Å². The first kappa shape index (κ1) is 17.2. The number of aliphatic hydroxyl groups excluding tert-OH is 1. The summed E-state index contributed by atoms with van der Waals surface area (Å²) in [5.74, 6) is -0.170. The van der Waals surface area contributed by atoms with Crippen LogP contribution in [0, 0.1) is 13.8 Å². The van der Waals surface area contributed by atoms with Gasteiger partial charge in [0.25, 0.3) is 5.91 Å². The highest BCUT2D eigenvalue weighted by Crippen LogP contribution is 2.22. The average Bonchev–Trinajstić information content (AvgIpc) is 2.54. The van der Waals surface area contributed by atoms with E-state index in [1.54, 1.807) is 6.07 Å². The van der Waals surface area contributed by atoms with E-state index in [-0.39, 0.29) is 11.9 Å². The molecule has 1 unspecified atom stereocenters. The number of pyridine rings is 1. The minimum atomic E-state index is -0.596. The summed E-state index contributed by atoms with van der Waals surface area (Å²) in [6.45, 7) is 7.53. The second-order valence-corrected chi connectivity index (χ2v) is 5.83. The first-order chi connectivity index (χ1) is 10.9. The van der Waals surface area contributed by atoms with Crippen molar-refractivity contribution < 1.29 is 9.90 Å². The number of aryl methyl sites for hydroxylation is 2. The van der Waals surface area contributed by atoms with Crippen molar-refractivity contribution in [3.63, 3.8) is 0 Å². The number of hydrogen-bond acceptors (Lipinski definition) is 3. The lowest BCUT2D eigenvalue weighted by Gasteiger charge is -2.18. The average molecular weight is 312 g/mol. The topological polar surface area (TPSA) is 62.2 Å². The van der Waals surface area contributed by atoms with E-state index in [0.717, 1.165) is 16.8 Å². The molecule has 4 heteroatoms. The molecule has 122 valence electrons. The molecule has 0 saturated heterocycles. The SMILES string of the molecule is CC[C@H](O)c1cc(C(=O)NC(C)c2ccccc2)c(C)nc1C. The Morgan fingerprint density at radius 3 is 2.48 bits per heavy atom. The lowest BCUT2D eigenvalue weighted by molar-refractivity contribution is 0.0938. The molecular weight excluding hydrogens is 288 g/mol. The number of aliphatic hydroxyl groups is 1. The molecule has 2 N–H and O–H groups in total. The molecule has 4 nitrogen and oxygen atoms in total. The smallest absolute Gasteiger partial charge is 0.253 e. The van der Waals surface area contributed by atoms with Crippen molar-refractivity contribution in [2.75, 3.05) is 0 Å². The monoisotopic (exact) mass is 312 g/mol. The molecule has 1 aromatic carbocycles. The zero-order valence-electron chi connectivity index (χ0n) is 14.1. The predicted molar refractivity (Wildman–Crippen MR) is 91.3 cm³/mol. The Kier molecular flexibility index (Phi) is 5.50. The third-order valence-corrected chi connectivity index (χ3v) is 4.08. The fourth-order valence-corrected chi connectivity index (χ4v) is 2.63. The van der Waals surface area contributed by atoms with E-state index in [0.29, 0.717) is 17.7 Å². The molecule has 1 amide bonds. The van der Waals surface area contributed by atoms with Crippen molar-refractivity contribution in [1.29, 1.82) is 0 Å². The molecule has 1 heterocycles. The Morgan fingerprint density at radius 1 is 1.22 bits per heavy atom. The van der Waals surface area contributed by atoms with E-state index in [4.69, 9.17) is 0 Å². The van der Waals surface area contributed by atoms with Crippen LogP contribution in [0.25, 0.3) is 0 Å². The van der Waals surface area contributed by atoms with Gasteiger partial charge in [-0.3, -0.25) is 9.78 Å². The highest BCUT2D eigenvalue weighted by molar-refractivity contribution is 5.95. The van der Waals surface area contributed by atoms with Crippen molar-refractivity contribution in [3.05, 3.63) is 64.5 Å². The van der Waals surface area contributed by atoms with Gasteiger partial charge in [0, 0.05) is 11.3 Å². The van der Waals surface area contributed by atoms with Crippen LogP contribution in [0.4, 0.5) is 0 Å². The van der Waals surface area contributed by atoms with Crippen LogP contribution in [0.5, 0.6) is 0 Å². The van der Waals surface area contributed by atoms with Gasteiger partial charge in [-0.2, -0.15) is 0 Å². The van der Waals surface area contributed by atoms with Gasteiger partial charge in [-0.1, -0.05) is 37.3 Å². The number of nitrogens with one attached hydrogen (secondary N) is 1. The van der Waals surface area contributed by atoms with Gasteiger partial charge in [-0.25, -0.2) is 0 Å². The maximum absolute atomic E-state index is 12.6. The molecule has 0 fully saturated rings. The minimum Gasteiger partial charge on any atom is -0.388 e. The van der Waals surface area contributed by atoms with Crippen LogP contribution in [0.15, 0.2) is 36.4 Å². The number of benzene rings is 1. The molecule has 0 radical (unpaired) electrons. The third kappa shape index (κ3) is 3.96. The number of hydrogen-bond donors (Lipinski definition) is 2. The first-order valence-corrected chi connectivity index (χ1v) is 7.96. The van der Waals surface area contributed by atoms with Gasteiger partial charge in [0.15, 0.2) is 0 Å². The Bertz CT molecular complexity index is 683. The van der Waals surface area contributed by atoms with Crippen LogP contribution >= 0.6 is 0 Å². The van der Waals surface area contributed by atoms with Gasteiger partial charge >= 0.3 is 0 Å².